The molecule has 1 aromatic heterocycles. The molecule has 2 rings (SSSR count). The number of nitrogens with two attached hydrogens (primary N) is 1. The maximum Gasteiger partial charge on any atom is 0.103 e. The van der Waals surface area contributed by atoms with Crippen LogP contribution in [0, 0.1) is 0 Å². The Kier molecular flexibility index (Phi) is 5.13. The van der Waals surface area contributed by atoms with Gasteiger partial charge < -0.3 is 5.73 Å². The van der Waals surface area contributed by atoms with E-state index in [0.717, 1.165) is 26.4 Å². The van der Waals surface area contributed by atoms with E-state index in [1.54, 1.807) is 23.1 Å². The summed E-state index contributed by atoms with van der Waals surface area (Å²) in [6.07, 6.45) is 0. The van der Waals surface area contributed by atoms with E-state index in [9.17, 15) is 0 Å². The molecule has 20 heavy (non-hydrogen) atoms. The van der Waals surface area contributed by atoms with Gasteiger partial charge in [-0.15, -0.1) is 23.1 Å². The summed E-state index contributed by atoms with van der Waals surface area (Å²) in [5, 5.41) is 1.91. The average Bonchev–Trinajstić information content (AvgIpc) is 2.81. The summed E-state index contributed by atoms with van der Waals surface area (Å²) in [5.74, 6) is 0.831. The van der Waals surface area contributed by atoms with Gasteiger partial charge in [0.15, 0.2) is 0 Å². The first-order chi connectivity index (χ1) is 9.41. The maximum absolute atomic E-state index is 6.17. The van der Waals surface area contributed by atoms with Gasteiger partial charge in [0, 0.05) is 21.7 Å². The number of nitrogens with zero attached hydrogens (tertiary/aromatic N) is 1. The van der Waals surface area contributed by atoms with E-state index in [4.69, 9.17) is 22.3 Å². The molecule has 1 aromatic carbocycles. The van der Waals surface area contributed by atoms with Crippen LogP contribution < -0.4 is 5.73 Å². The monoisotopic (exact) mass is 326 g/mol. The lowest BCUT2D eigenvalue weighted by molar-refractivity contribution is 0.565. The highest BCUT2D eigenvalue weighted by Gasteiger charge is 2.22. The third-order valence-electron chi connectivity index (χ3n) is 2.83. The first kappa shape index (κ1) is 15.8. The van der Waals surface area contributed by atoms with Gasteiger partial charge in [-0.05, 0) is 12.1 Å². The highest BCUT2D eigenvalue weighted by atomic mass is 35.5. The van der Waals surface area contributed by atoms with E-state index >= 15 is 0 Å². The summed E-state index contributed by atoms with van der Waals surface area (Å²) in [7, 11) is 0. The molecule has 0 saturated heterocycles. The predicted octanol–water partition coefficient (Wildman–Crippen LogP) is 4.85. The van der Waals surface area contributed by atoms with Crippen molar-refractivity contribution in [2.75, 3.05) is 0 Å². The second-order valence-corrected chi connectivity index (χ2v) is 8.15. The van der Waals surface area contributed by atoms with E-state index in [-0.39, 0.29) is 5.41 Å². The van der Waals surface area contributed by atoms with Crippen LogP contribution in [0.3, 0.4) is 0 Å². The Bertz CT molecular complexity index is 588. The number of rotatable bonds is 4. The van der Waals surface area contributed by atoms with Crippen molar-refractivity contribution >= 4 is 34.7 Å². The van der Waals surface area contributed by atoms with Crippen LogP contribution in [0.2, 0.25) is 5.02 Å². The van der Waals surface area contributed by atoms with Crippen LogP contribution in [-0.4, -0.2) is 4.98 Å². The molecule has 0 aliphatic carbocycles. The van der Waals surface area contributed by atoms with Gasteiger partial charge in [-0.25, -0.2) is 4.98 Å². The number of thiazole rings is 1. The molecule has 5 heteroatoms. The quantitative estimate of drug-likeness (QED) is 0.817. The molecule has 0 amide bonds. The zero-order chi connectivity index (χ0) is 14.8. The SMILES string of the molecule is CC(C)(C)c1nc(CSc2ccccc2Cl)sc1CN. The zero-order valence-electron chi connectivity index (χ0n) is 11.9. The van der Waals surface area contributed by atoms with Crippen LogP contribution >= 0.6 is 34.7 Å². The molecule has 0 atom stereocenters. The molecule has 0 fully saturated rings. The molecule has 0 spiro atoms. The van der Waals surface area contributed by atoms with Crippen LogP contribution in [0.25, 0.3) is 0 Å². The number of hydrogen-bond donors (Lipinski definition) is 1. The minimum Gasteiger partial charge on any atom is -0.326 e. The molecule has 0 aliphatic heterocycles. The lowest BCUT2D eigenvalue weighted by Gasteiger charge is -2.16. The number of thioether (sulfide) groups is 1. The Morgan fingerprint density at radius 1 is 1.30 bits per heavy atom. The van der Waals surface area contributed by atoms with E-state index in [1.807, 2.05) is 24.3 Å². The summed E-state index contributed by atoms with van der Waals surface area (Å²) < 4.78 is 0. The standard InChI is InChI=1S/C15H19ClN2S2/c1-15(2,3)14-12(8-17)20-13(18-14)9-19-11-7-5-4-6-10(11)16/h4-7H,8-9,17H2,1-3H3. The highest BCUT2D eigenvalue weighted by molar-refractivity contribution is 7.98. The van der Waals surface area contributed by atoms with Crippen molar-refractivity contribution in [1.29, 1.82) is 0 Å². The third-order valence-corrected chi connectivity index (χ3v) is 5.61. The summed E-state index contributed by atoms with van der Waals surface area (Å²) in [6.45, 7) is 7.08. The second kappa shape index (κ2) is 6.48. The first-order valence-electron chi connectivity index (χ1n) is 6.48. The van der Waals surface area contributed by atoms with Crippen molar-refractivity contribution in [2.24, 2.45) is 5.73 Å². The second-order valence-electron chi connectivity index (χ2n) is 5.55. The van der Waals surface area contributed by atoms with Crippen LogP contribution in [-0.2, 0) is 17.7 Å². The molecule has 0 saturated carbocycles. The minimum absolute atomic E-state index is 0.0402. The van der Waals surface area contributed by atoms with Crippen molar-refractivity contribution in [3.05, 3.63) is 44.9 Å². The Hall–Kier alpha value is -0.550. The molecule has 108 valence electrons. The summed E-state index contributed by atoms with van der Waals surface area (Å²) in [4.78, 5) is 7.05. The van der Waals surface area contributed by atoms with E-state index in [2.05, 4.69) is 20.8 Å². The largest absolute Gasteiger partial charge is 0.326 e. The Labute approximate surface area is 133 Å². The number of hydrogen-bond acceptors (Lipinski definition) is 4. The van der Waals surface area contributed by atoms with Gasteiger partial charge in [-0.1, -0.05) is 44.5 Å². The van der Waals surface area contributed by atoms with E-state index in [0.29, 0.717) is 6.54 Å². The third kappa shape index (κ3) is 3.76. The smallest absolute Gasteiger partial charge is 0.103 e. The maximum atomic E-state index is 6.17. The van der Waals surface area contributed by atoms with Gasteiger partial charge in [-0.2, -0.15) is 0 Å². The summed E-state index contributed by atoms with van der Waals surface area (Å²) in [6, 6.07) is 7.90. The van der Waals surface area contributed by atoms with Crippen LogP contribution in [0.4, 0.5) is 0 Å². The van der Waals surface area contributed by atoms with Crippen molar-refractivity contribution in [3.8, 4) is 0 Å². The van der Waals surface area contributed by atoms with Crippen LogP contribution in [0.1, 0.15) is 36.3 Å². The zero-order valence-corrected chi connectivity index (χ0v) is 14.3. The first-order valence-corrected chi connectivity index (χ1v) is 8.66. The lowest BCUT2D eigenvalue weighted by atomic mass is 9.91. The van der Waals surface area contributed by atoms with Crippen molar-refractivity contribution < 1.29 is 0 Å². The van der Waals surface area contributed by atoms with Crippen molar-refractivity contribution in [1.82, 2.24) is 4.98 Å². The van der Waals surface area contributed by atoms with Crippen LogP contribution in [0.15, 0.2) is 29.2 Å². The number of halogens is 1. The van der Waals surface area contributed by atoms with Crippen molar-refractivity contribution in [3.63, 3.8) is 0 Å². The van der Waals surface area contributed by atoms with E-state index < -0.39 is 0 Å². The summed E-state index contributed by atoms with van der Waals surface area (Å²) in [5.41, 5.74) is 7.00. The van der Waals surface area contributed by atoms with Gasteiger partial charge in [0.25, 0.3) is 0 Å². The number of benzene rings is 1. The van der Waals surface area contributed by atoms with Crippen molar-refractivity contribution in [2.45, 2.75) is 43.4 Å². The molecule has 0 radical (unpaired) electrons. The Morgan fingerprint density at radius 2 is 2.00 bits per heavy atom. The minimum atomic E-state index is 0.0402. The molecule has 2 aromatic rings. The summed E-state index contributed by atoms with van der Waals surface area (Å²) >= 11 is 9.60. The van der Waals surface area contributed by atoms with Gasteiger partial charge in [0.2, 0.25) is 0 Å². The fourth-order valence-electron chi connectivity index (χ4n) is 1.89. The lowest BCUT2D eigenvalue weighted by Crippen LogP contribution is -2.15. The molecule has 0 unspecified atom stereocenters. The van der Waals surface area contributed by atoms with Gasteiger partial charge in [-0.3, -0.25) is 0 Å². The highest BCUT2D eigenvalue weighted by Crippen LogP contribution is 2.34. The Balaban J connectivity index is 2.15. The normalized spacial score (nSPS) is 11.8. The average molecular weight is 327 g/mol. The molecule has 0 aliphatic rings. The molecule has 2 N–H and O–H groups in total. The van der Waals surface area contributed by atoms with Gasteiger partial charge in [0.1, 0.15) is 5.01 Å². The molecular formula is C15H19ClN2S2. The fourth-order valence-corrected chi connectivity index (χ4v) is 4.28. The van der Waals surface area contributed by atoms with Crippen LogP contribution in [0.5, 0.6) is 0 Å². The van der Waals surface area contributed by atoms with Gasteiger partial charge in [0.05, 0.1) is 16.5 Å². The van der Waals surface area contributed by atoms with E-state index in [1.165, 1.54) is 4.88 Å². The van der Waals surface area contributed by atoms with Gasteiger partial charge >= 0.3 is 0 Å². The molecule has 2 nitrogen and oxygen atoms in total. The molecule has 0 bridgehead atoms. The fraction of sp³-hybridized carbons (Fsp3) is 0.400. The molecular weight excluding hydrogens is 308 g/mol. The number of aromatic nitrogens is 1. The predicted molar refractivity (Wildman–Crippen MR) is 89.7 cm³/mol. The topological polar surface area (TPSA) is 38.9 Å². The molecule has 1 heterocycles. The Morgan fingerprint density at radius 3 is 2.55 bits per heavy atom.